The van der Waals surface area contributed by atoms with Gasteiger partial charge in [-0.05, 0) is 40.9 Å². The van der Waals surface area contributed by atoms with Crippen molar-refractivity contribution >= 4 is 40.2 Å². The molecule has 2 aromatic rings. The van der Waals surface area contributed by atoms with Crippen LogP contribution >= 0.6 is 28.3 Å². The van der Waals surface area contributed by atoms with Crippen molar-refractivity contribution in [2.45, 2.75) is 57.5 Å². The van der Waals surface area contributed by atoms with Gasteiger partial charge in [0.25, 0.3) is 5.91 Å². The van der Waals surface area contributed by atoms with Crippen molar-refractivity contribution in [2.24, 2.45) is 0 Å². The standard InChI is InChI=1S/C22H30BrN5O4.ClH/c1-26(16-5-3-2-4-6-16)21(29)10-9-20-24-19(25-32-20)15-27-11-13-28(14-12-27)22(30)17-7-8-18(23)31-17;/h7-8,16H,2-6,9-15H2,1H3;1H. The topological polar surface area (TPSA) is 95.9 Å². The highest BCUT2D eigenvalue weighted by Gasteiger charge is 2.25. The van der Waals surface area contributed by atoms with Gasteiger partial charge in [-0.15, -0.1) is 12.4 Å². The number of carbonyl (C=O) groups is 2. The van der Waals surface area contributed by atoms with Crippen LogP contribution in [0.5, 0.6) is 0 Å². The first-order valence-corrected chi connectivity index (χ1v) is 12.1. The van der Waals surface area contributed by atoms with Crippen LogP contribution in [0.3, 0.4) is 0 Å². The van der Waals surface area contributed by atoms with Gasteiger partial charge in [-0.2, -0.15) is 4.98 Å². The number of piperazine rings is 1. The van der Waals surface area contributed by atoms with E-state index in [0.717, 1.165) is 25.9 Å². The van der Waals surface area contributed by atoms with Gasteiger partial charge in [-0.1, -0.05) is 24.4 Å². The largest absolute Gasteiger partial charge is 0.444 e. The number of halogens is 2. The van der Waals surface area contributed by atoms with E-state index in [1.165, 1.54) is 19.3 Å². The minimum absolute atomic E-state index is 0. The van der Waals surface area contributed by atoms with Crippen molar-refractivity contribution in [1.82, 2.24) is 24.8 Å². The summed E-state index contributed by atoms with van der Waals surface area (Å²) in [6.07, 6.45) is 6.74. The Labute approximate surface area is 208 Å². The highest BCUT2D eigenvalue weighted by molar-refractivity contribution is 9.10. The Hall–Kier alpha value is -1.91. The van der Waals surface area contributed by atoms with Gasteiger partial charge in [0.1, 0.15) is 0 Å². The summed E-state index contributed by atoms with van der Waals surface area (Å²) in [5.74, 6) is 1.50. The Kier molecular flexibility index (Phi) is 9.34. The molecule has 0 unspecified atom stereocenters. The maximum absolute atomic E-state index is 12.5. The highest BCUT2D eigenvalue weighted by Crippen LogP contribution is 2.22. The van der Waals surface area contributed by atoms with Gasteiger partial charge in [-0.3, -0.25) is 14.5 Å². The summed E-state index contributed by atoms with van der Waals surface area (Å²) in [6.45, 7) is 3.24. The van der Waals surface area contributed by atoms with Crippen molar-refractivity contribution < 1.29 is 18.5 Å². The molecular weight excluding hydrogens is 514 g/mol. The van der Waals surface area contributed by atoms with Crippen LogP contribution in [0, 0.1) is 0 Å². The van der Waals surface area contributed by atoms with E-state index < -0.39 is 0 Å². The van der Waals surface area contributed by atoms with Crippen molar-refractivity contribution in [3.05, 3.63) is 34.3 Å². The number of nitrogens with zero attached hydrogens (tertiary/aromatic N) is 5. The van der Waals surface area contributed by atoms with Crippen LogP contribution in [0.25, 0.3) is 0 Å². The molecule has 2 aromatic heterocycles. The van der Waals surface area contributed by atoms with Crippen LogP contribution in [0.1, 0.15) is 60.8 Å². The van der Waals surface area contributed by atoms with Gasteiger partial charge in [-0.25, -0.2) is 0 Å². The molecule has 0 N–H and O–H groups in total. The van der Waals surface area contributed by atoms with Crippen LogP contribution in [0.15, 0.2) is 25.7 Å². The fourth-order valence-corrected chi connectivity index (χ4v) is 4.72. The zero-order valence-electron chi connectivity index (χ0n) is 18.9. The van der Waals surface area contributed by atoms with E-state index >= 15 is 0 Å². The van der Waals surface area contributed by atoms with Crippen molar-refractivity contribution in [2.75, 3.05) is 33.2 Å². The molecule has 33 heavy (non-hydrogen) atoms. The first-order chi connectivity index (χ1) is 15.5. The van der Waals surface area contributed by atoms with Gasteiger partial charge in [0.15, 0.2) is 16.3 Å². The van der Waals surface area contributed by atoms with Crippen molar-refractivity contribution in [3.8, 4) is 0 Å². The summed E-state index contributed by atoms with van der Waals surface area (Å²) < 4.78 is 11.3. The van der Waals surface area contributed by atoms with Gasteiger partial charge < -0.3 is 18.7 Å². The summed E-state index contributed by atoms with van der Waals surface area (Å²) in [6, 6.07) is 3.77. The molecule has 0 radical (unpaired) electrons. The molecule has 2 amide bonds. The van der Waals surface area contributed by atoms with E-state index in [0.29, 0.717) is 60.7 Å². The zero-order chi connectivity index (χ0) is 22.5. The summed E-state index contributed by atoms with van der Waals surface area (Å²) in [5.41, 5.74) is 0. The van der Waals surface area contributed by atoms with E-state index in [-0.39, 0.29) is 24.2 Å². The lowest BCUT2D eigenvalue weighted by molar-refractivity contribution is -0.132. The van der Waals surface area contributed by atoms with E-state index in [2.05, 4.69) is 31.0 Å². The number of aromatic nitrogens is 2. The number of carbonyl (C=O) groups excluding carboxylic acids is 2. The SMILES string of the molecule is CN(C(=O)CCc1nc(CN2CCN(C(=O)c3ccc(Br)o3)CC2)no1)C1CCCCC1.Cl. The molecule has 9 nitrogen and oxygen atoms in total. The molecule has 2 aliphatic rings. The molecule has 1 saturated carbocycles. The predicted octanol–water partition coefficient (Wildman–Crippen LogP) is 3.53. The molecule has 0 spiro atoms. The Balaban J connectivity index is 0.00000306. The number of aryl methyl sites for hydroxylation is 1. The van der Waals surface area contributed by atoms with Gasteiger partial charge >= 0.3 is 0 Å². The molecule has 0 atom stereocenters. The number of amides is 2. The number of rotatable bonds is 7. The third-order valence-corrected chi connectivity index (χ3v) is 6.81. The molecule has 4 rings (SSSR count). The first-order valence-electron chi connectivity index (χ1n) is 11.3. The first kappa shape index (κ1) is 25.7. The van der Waals surface area contributed by atoms with Gasteiger partial charge in [0.2, 0.25) is 11.8 Å². The molecular formula is C22H31BrClN5O4. The second-order valence-corrected chi connectivity index (χ2v) is 9.35. The molecule has 3 heterocycles. The Morgan fingerprint density at radius 2 is 1.88 bits per heavy atom. The maximum atomic E-state index is 12.5. The molecule has 1 aliphatic heterocycles. The van der Waals surface area contributed by atoms with Gasteiger partial charge in [0.05, 0.1) is 6.54 Å². The third-order valence-electron chi connectivity index (χ3n) is 6.39. The molecule has 11 heteroatoms. The van der Waals surface area contributed by atoms with Gasteiger partial charge in [0, 0.05) is 52.1 Å². The van der Waals surface area contributed by atoms with Crippen LogP contribution in [-0.4, -0.2) is 75.9 Å². The Bertz CT molecular complexity index is 922. The minimum Gasteiger partial charge on any atom is -0.444 e. The molecule has 0 bridgehead atoms. The Morgan fingerprint density at radius 1 is 1.15 bits per heavy atom. The normalized spacial score (nSPS) is 17.6. The summed E-state index contributed by atoms with van der Waals surface area (Å²) in [5, 5.41) is 4.07. The van der Waals surface area contributed by atoms with Crippen LogP contribution in [-0.2, 0) is 17.8 Å². The van der Waals surface area contributed by atoms with E-state index in [1.807, 2.05) is 11.9 Å². The third kappa shape index (κ3) is 6.80. The second kappa shape index (κ2) is 12.0. The number of hydrogen-bond acceptors (Lipinski definition) is 7. The molecule has 182 valence electrons. The lowest BCUT2D eigenvalue weighted by Crippen LogP contribution is -2.48. The van der Waals surface area contributed by atoms with Crippen LogP contribution in [0.4, 0.5) is 0 Å². The Morgan fingerprint density at radius 3 is 2.55 bits per heavy atom. The average molecular weight is 545 g/mol. The van der Waals surface area contributed by atoms with E-state index in [1.54, 1.807) is 17.0 Å². The summed E-state index contributed by atoms with van der Waals surface area (Å²) in [7, 11) is 1.91. The molecule has 2 fully saturated rings. The number of hydrogen-bond donors (Lipinski definition) is 0. The lowest BCUT2D eigenvalue weighted by atomic mass is 9.94. The summed E-state index contributed by atoms with van der Waals surface area (Å²) in [4.78, 5) is 35.3. The van der Waals surface area contributed by atoms with E-state index in [4.69, 9.17) is 8.94 Å². The zero-order valence-corrected chi connectivity index (χ0v) is 21.3. The van der Waals surface area contributed by atoms with Crippen molar-refractivity contribution in [1.29, 1.82) is 0 Å². The molecule has 1 aliphatic carbocycles. The monoisotopic (exact) mass is 543 g/mol. The summed E-state index contributed by atoms with van der Waals surface area (Å²) >= 11 is 3.23. The predicted molar refractivity (Wildman–Crippen MR) is 127 cm³/mol. The van der Waals surface area contributed by atoms with Crippen LogP contribution < -0.4 is 0 Å². The fourth-order valence-electron chi connectivity index (χ4n) is 4.41. The number of furan rings is 1. The lowest BCUT2D eigenvalue weighted by Gasteiger charge is -2.33. The highest BCUT2D eigenvalue weighted by atomic mass is 79.9. The minimum atomic E-state index is -0.0972. The molecule has 1 saturated heterocycles. The molecule has 0 aromatic carbocycles. The van der Waals surface area contributed by atoms with Crippen LogP contribution in [0.2, 0.25) is 0 Å². The average Bonchev–Trinajstić information content (AvgIpc) is 3.46. The fraction of sp³-hybridized carbons (Fsp3) is 0.636. The van der Waals surface area contributed by atoms with Crippen molar-refractivity contribution in [3.63, 3.8) is 0 Å². The maximum Gasteiger partial charge on any atom is 0.289 e. The second-order valence-electron chi connectivity index (χ2n) is 8.57. The smallest absolute Gasteiger partial charge is 0.289 e. The van der Waals surface area contributed by atoms with E-state index in [9.17, 15) is 9.59 Å². The quantitative estimate of drug-likeness (QED) is 0.526.